The lowest BCUT2D eigenvalue weighted by Crippen LogP contribution is -2.44. The Bertz CT molecular complexity index is 1870. The number of carbonyl (C=O) groups excluding carboxylic acids is 3. The third-order valence-corrected chi connectivity index (χ3v) is 16.5. The van der Waals surface area contributed by atoms with E-state index in [1.54, 1.807) is 0 Å². The monoisotopic (exact) mass is 1270 g/mol. The number of nitrogens with zero attached hydrogens (tertiary/aromatic N) is 1. The van der Waals surface area contributed by atoms with Gasteiger partial charge in [-0.15, -0.1) is 0 Å². The molecular formula is C82H143NO8. The molecule has 9 nitrogen and oxygen atoms in total. The van der Waals surface area contributed by atoms with E-state index in [0.29, 0.717) is 17.4 Å². The number of rotatable bonds is 70. The minimum absolute atomic E-state index is 0.137. The van der Waals surface area contributed by atoms with Crippen LogP contribution in [0, 0.1) is 0 Å². The third-order valence-electron chi connectivity index (χ3n) is 16.5. The van der Waals surface area contributed by atoms with Crippen molar-refractivity contribution in [3.63, 3.8) is 0 Å². The number of carboxylic acids is 1. The summed E-state index contributed by atoms with van der Waals surface area (Å²) in [5, 5.41) is 11.8. The van der Waals surface area contributed by atoms with E-state index in [1.807, 2.05) is 21.1 Å². The van der Waals surface area contributed by atoms with E-state index in [2.05, 4.69) is 123 Å². The number of likely N-dealkylation sites (N-methyl/N-ethyl adjacent to an activating group) is 1. The molecule has 0 heterocycles. The SMILES string of the molecule is CC/C=C\C/C=C\C/C=C\C/C=C\C/C=C\C/C=C\C/C=C\CCCCCC(=O)OC(COC(=O)CCCCCCCCCCCCCCCCCCCCCCCCCCCCCCC/C=C\C/C=C\CCCCCCC)COC(OCC[N+](C)(C)C)C(=O)[O-]. The van der Waals surface area contributed by atoms with E-state index in [0.717, 1.165) is 89.9 Å². The van der Waals surface area contributed by atoms with Gasteiger partial charge < -0.3 is 33.3 Å². The summed E-state index contributed by atoms with van der Waals surface area (Å²) in [6, 6.07) is 0. The molecule has 2 atom stereocenters. The molecule has 0 saturated heterocycles. The summed E-state index contributed by atoms with van der Waals surface area (Å²) in [4.78, 5) is 37.5. The second kappa shape index (κ2) is 71.8. The fourth-order valence-electron chi connectivity index (χ4n) is 10.7. The molecule has 0 fully saturated rings. The van der Waals surface area contributed by atoms with Gasteiger partial charge in [-0.2, -0.15) is 0 Å². The number of carboxylic acid groups (broad SMARTS) is 1. The number of aliphatic carboxylic acids is 1. The van der Waals surface area contributed by atoms with Gasteiger partial charge in [0.25, 0.3) is 0 Å². The number of ether oxygens (including phenoxy) is 4. The number of allylic oxidation sites excluding steroid dienone is 18. The smallest absolute Gasteiger partial charge is 0.306 e. The lowest BCUT2D eigenvalue weighted by molar-refractivity contribution is -0.870. The minimum atomic E-state index is -1.64. The maximum absolute atomic E-state index is 12.9. The zero-order valence-electron chi connectivity index (χ0n) is 59.9. The lowest BCUT2D eigenvalue weighted by atomic mass is 10.0. The van der Waals surface area contributed by atoms with Gasteiger partial charge in [-0.3, -0.25) is 9.59 Å². The van der Waals surface area contributed by atoms with E-state index >= 15 is 0 Å². The van der Waals surface area contributed by atoms with Gasteiger partial charge in [-0.1, -0.05) is 329 Å². The van der Waals surface area contributed by atoms with Gasteiger partial charge in [0, 0.05) is 12.8 Å². The molecule has 0 aromatic rings. The number of esters is 2. The number of quaternary nitrogens is 1. The van der Waals surface area contributed by atoms with Crippen molar-refractivity contribution in [2.45, 2.75) is 347 Å². The normalized spacial score (nSPS) is 13.3. The Kier molecular flexibility index (Phi) is 68.6. The molecule has 0 aliphatic rings. The van der Waals surface area contributed by atoms with E-state index in [9.17, 15) is 19.5 Å². The minimum Gasteiger partial charge on any atom is -0.545 e. The predicted molar refractivity (Wildman–Crippen MR) is 389 cm³/mol. The van der Waals surface area contributed by atoms with Crippen LogP contribution in [-0.2, 0) is 33.3 Å². The van der Waals surface area contributed by atoms with Crippen molar-refractivity contribution in [1.82, 2.24) is 0 Å². The molecule has 0 rings (SSSR count). The van der Waals surface area contributed by atoms with Crippen LogP contribution < -0.4 is 5.11 Å². The molecule has 0 bridgehead atoms. The zero-order chi connectivity index (χ0) is 66.1. The molecule has 9 heteroatoms. The van der Waals surface area contributed by atoms with Gasteiger partial charge in [-0.25, -0.2) is 0 Å². The van der Waals surface area contributed by atoms with Gasteiger partial charge in [0.1, 0.15) is 13.2 Å². The summed E-state index contributed by atoms with van der Waals surface area (Å²) in [5.74, 6) is -2.32. The highest BCUT2D eigenvalue weighted by molar-refractivity contribution is 5.70. The van der Waals surface area contributed by atoms with Crippen molar-refractivity contribution < 1.29 is 42.9 Å². The zero-order valence-corrected chi connectivity index (χ0v) is 59.9. The Labute approximate surface area is 562 Å². The first kappa shape index (κ1) is 87.0. The Balaban J connectivity index is 4.02. The molecule has 0 aliphatic carbocycles. The second-order valence-corrected chi connectivity index (χ2v) is 26.6. The maximum Gasteiger partial charge on any atom is 0.306 e. The molecule has 0 radical (unpaired) electrons. The van der Waals surface area contributed by atoms with E-state index < -0.39 is 24.3 Å². The summed E-state index contributed by atoms with van der Waals surface area (Å²) in [7, 11) is 5.92. The lowest BCUT2D eigenvalue weighted by Gasteiger charge is -2.26. The summed E-state index contributed by atoms with van der Waals surface area (Å²) in [5.41, 5.74) is 0. The standard InChI is InChI=1S/C82H143NO8/c1-6-8-10-12-14-16-18-20-22-24-26-28-30-32-33-34-35-36-37-38-39-40-41-42-43-44-45-46-47-49-50-52-54-56-58-60-62-64-66-68-70-72-79(84)89-76-78(77-90-82(81(86)87)88-75-74-83(3,4)5)91-80(85)73-71-69-67-65-63-61-59-57-55-53-51-48-31-29-27-25-23-21-19-17-15-13-11-9-7-2/h9,11,15,17-18,20-21,23-24,26-27,29,48,51,55,57,61,63,78,82H,6-8,10,12-14,16,19,22,25,28,30-47,49-50,52-54,56,58-60,62,64-77H2,1-5H3/b11-9-,17-15-,20-18-,23-21-,26-24-,29-27-,51-48-,57-55-,63-61-. The van der Waals surface area contributed by atoms with Crippen LogP contribution in [0.25, 0.3) is 0 Å². The van der Waals surface area contributed by atoms with E-state index in [1.165, 1.54) is 212 Å². The average molecular weight is 1270 g/mol. The average Bonchev–Trinajstić information content (AvgIpc) is 3.46. The van der Waals surface area contributed by atoms with Crippen LogP contribution in [0.15, 0.2) is 109 Å². The molecule has 91 heavy (non-hydrogen) atoms. The van der Waals surface area contributed by atoms with Crippen molar-refractivity contribution in [1.29, 1.82) is 0 Å². The topological polar surface area (TPSA) is 111 Å². The van der Waals surface area contributed by atoms with E-state index in [-0.39, 0.29) is 38.6 Å². The first-order valence-corrected chi connectivity index (χ1v) is 38.0. The van der Waals surface area contributed by atoms with Crippen molar-refractivity contribution in [2.24, 2.45) is 0 Å². The Morgan fingerprint density at radius 3 is 0.945 bits per heavy atom. The molecule has 0 aliphatic heterocycles. The fourth-order valence-corrected chi connectivity index (χ4v) is 10.7. The maximum atomic E-state index is 12.9. The molecular weight excluding hydrogens is 1130 g/mol. The van der Waals surface area contributed by atoms with Crippen LogP contribution in [0.3, 0.4) is 0 Å². The van der Waals surface area contributed by atoms with Crippen molar-refractivity contribution in [3.05, 3.63) is 109 Å². The van der Waals surface area contributed by atoms with E-state index in [4.69, 9.17) is 18.9 Å². The molecule has 2 unspecified atom stereocenters. The first-order valence-electron chi connectivity index (χ1n) is 38.0. The van der Waals surface area contributed by atoms with Crippen LogP contribution in [0.1, 0.15) is 335 Å². The first-order chi connectivity index (χ1) is 44.6. The Morgan fingerprint density at radius 2 is 0.626 bits per heavy atom. The molecule has 0 N–H and O–H groups in total. The van der Waals surface area contributed by atoms with Crippen molar-refractivity contribution in [3.8, 4) is 0 Å². The Morgan fingerprint density at radius 1 is 0.341 bits per heavy atom. The molecule has 524 valence electrons. The number of carbonyl (C=O) groups is 3. The van der Waals surface area contributed by atoms with Gasteiger partial charge in [0.05, 0.1) is 40.3 Å². The van der Waals surface area contributed by atoms with Gasteiger partial charge >= 0.3 is 11.9 Å². The van der Waals surface area contributed by atoms with Crippen LogP contribution in [0.4, 0.5) is 0 Å². The van der Waals surface area contributed by atoms with Gasteiger partial charge in [0.2, 0.25) is 0 Å². The molecule has 0 aromatic heterocycles. The summed E-state index contributed by atoms with van der Waals surface area (Å²) >= 11 is 0. The molecule has 0 saturated carbocycles. The molecule has 0 aromatic carbocycles. The Hall–Kier alpha value is -4.05. The quantitative estimate of drug-likeness (QED) is 0.0195. The highest BCUT2D eigenvalue weighted by Crippen LogP contribution is 2.18. The predicted octanol–water partition coefficient (Wildman–Crippen LogP) is 22.8. The molecule has 0 spiro atoms. The third kappa shape index (κ3) is 73.2. The van der Waals surface area contributed by atoms with Crippen LogP contribution >= 0.6 is 0 Å². The summed E-state index contributed by atoms with van der Waals surface area (Å²) < 4.78 is 22.8. The number of hydrogen-bond donors (Lipinski definition) is 0. The highest BCUT2D eigenvalue weighted by atomic mass is 16.7. The highest BCUT2D eigenvalue weighted by Gasteiger charge is 2.22. The number of unbranched alkanes of at least 4 members (excludes halogenated alkanes) is 37. The van der Waals surface area contributed by atoms with Gasteiger partial charge in [0.15, 0.2) is 12.4 Å². The van der Waals surface area contributed by atoms with Crippen molar-refractivity contribution >= 4 is 17.9 Å². The van der Waals surface area contributed by atoms with Crippen LogP contribution in [0.2, 0.25) is 0 Å². The van der Waals surface area contributed by atoms with Crippen LogP contribution in [-0.4, -0.2) is 82.3 Å². The second-order valence-electron chi connectivity index (χ2n) is 26.6. The van der Waals surface area contributed by atoms with Gasteiger partial charge in [-0.05, 0) is 103 Å². The largest absolute Gasteiger partial charge is 0.545 e. The van der Waals surface area contributed by atoms with Crippen LogP contribution in [0.5, 0.6) is 0 Å². The summed E-state index contributed by atoms with van der Waals surface area (Å²) in [6.45, 7) is 4.61. The van der Waals surface area contributed by atoms with Crippen molar-refractivity contribution in [2.75, 3.05) is 47.5 Å². The summed E-state index contributed by atoms with van der Waals surface area (Å²) in [6.07, 6.45) is 97.9. The molecule has 0 amide bonds. The fraction of sp³-hybridized carbons (Fsp3) is 0.744. The number of hydrogen-bond acceptors (Lipinski definition) is 8.